The van der Waals surface area contributed by atoms with E-state index < -0.39 is 0 Å². The second-order valence-corrected chi connectivity index (χ2v) is 7.83. The highest BCUT2D eigenvalue weighted by molar-refractivity contribution is 5.27. The molecule has 0 radical (unpaired) electrons. The Labute approximate surface area is 169 Å². The Hall–Kier alpha value is -1.02. The summed E-state index contributed by atoms with van der Waals surface area (Å²) in [5, 5.41) is 0. The van der Waals surface area contributed by atoms with Crippen molar-refractivity contribution < 1.29 is 9.47 Å². The number of ether oxygens (including phenoxy) is 2. The molecule has 0 unspecified atom stereocenters. The number of benzene rings is 1. The smallest absolute Gasteiger partial charge is 0.119 e. The van der Waals surface area contributed by atoms with Gasteiger partial charge in [-0.1, -0.05) is 103 Å². The molecule has 0 spiro atoms. The maximum absolute atomic E-state index is 5.60. The van der Waals surface area contributed by atoms with Gasteiger partial charge in [-0.15, -0.1) is 0 Å². The Bertz CT molecular complexity index is 413. The van der Waals surface area contributed by atoms with E-state index in [-0.39, 0.29) is 0 Å². The predicted octanol–water partition coefficient (Wildman–Crippen LogP) is 7.74. The number of methoxy groups -OCH3 is 1. The molecule has 0 bridgehead atoms. The quantitative estimate of drug-likeness (QED) is 0.230. The van der Waals surface area contributed by atoms with E-state index in [0.717, 1.165) is 5.75 Å². The van der Waals surface area contributed by atoms with Crippen LogP contribution in [0, 0.1) is 0 Å². The number of aryl methyl sites for hydroxylation is 1. The van der Waals surface area contributed by atoms with Crippen LogP contribution >= 0.6 is 0 Å². The fourth-order valence-electron chi connectivity index (χ4n) is 3.52. The third-order valence-corrected chi connectivity index (χ3v) is 5.30. The van der Waals surface area contributed by atoms with Crippen molar-refractivity contribution in [2.45, 2.75) is 103 Å². The van der Waals surface area contributed by atoms with Gasteiger partial charge in [0.25, 0.3) is 0 Å². The number of unbranched alkanes of at least 4 members (excludes halogenated alkanes) is 13. The summed E-state index contributed by atoms with van der Waals surface area (Å²) in [4.78, 5) is 0. The first kappa shape index (κ1) is 24.0. The Morgan fingerprint density at radius 2 is 1.07 bits per heavy atom. The van der Waals surface area contributed by atoms with Gasteiger partial charge < -0.3 is 9.47 Å². The molecule has 0 N–H and O–H groups in total. The molecule has 0 atom stereocenters. The minimum Gasteiger partial charge on any atom is -0.491 e. The molecule has 0 saturated heterocycles. The lowest BCUT2D eigenvalue weighted by Gasteiger charge is -2.07. The lowest BCUT2D eigenvalue weighted by molar-refractivity contribution is 0.146. The van der Waals surface area contributed by atoms with Crippen molar-refractivity contribution in [3.8, 4) is 5.75 Å². The van der Waals surface area contributed by atoms with E-state index in [0.29, 0.717) is 13.2 Å². The summed E-state index contributed by atoms with van der Waals surface area (Å²) in [6.07, 6.45) is 21.1. The average molecular weight is 377 g/mol. The van der Waals surface area contributed by atoms with Gasteiger partial charge in [-0.3, -0.25) is 0 Å². The highest BCUT2D eigenvalue weighted by Gasteiger charge is 1.98. The Morgan fingerprint density at radius 1 is 0.593 bits per heavy atom. The summed E-state index contributed by atoms with van der Waals surface area (Å²) in [6, 6.07) is 8.55. The molecule has 0 aliphatic carbocycles. The van der Waals surface area contributed by atoms with Crippen molar-refractivity contribution in [2.24, 2.45) is 0 Å². The van der Waals surface area contributed by atoms with E-state index in [9.17, 15) is 0 Å². The van der Waals surface area contributed by atoms with Crippen molar-refractivity contribution in [1.82, 2.24) is 0 Å². The highest BCUT2D eigenvalue weighted by Crippen LogP contribution is 2.16. The maximum atomic E-state index is 5.60. The van der Waals surface area contributed by atoms with Crippen LogP contribution in [0.15, 0.2) is 24.3 Å². The van der Waals surface area contributed by atoms with Gasteiger partial charge in [-0.05, 0) is 30.5 Å². The molecule has 27 heavy (non-hydrogen) atoms. The van der Waals surface area contributed by atoms with Gasteiger partial charge in [-0.2, -0.15) is 0 Å². The van der Waals surface area contributed by atoms with Crippen LogP contribution < -0.4 is 4.74 Å². The highest BCUT2D eigenvalue weighted by atomic mass is 16.5. The normalized spacial score (nSPS) is 11.0. The molecule has 0 fully saturated rings. The van der Waals surface area contributed by atoms with Gasteiger partial charge in [0, 0.05) is 7.11 Å². The average Bonchev–Trinajstić information content (AvgIpc) is 2.69. The second kappa shape index (κ2) is 18.3. The minimum atomic E-state index is 0.620. The summed E-state index contributed by atoms with van der Waals surface area (Å²) in [6.45, 7) is 3.55. The van der Waals surface area contributed by atoms with Crippen LogP contribution in [0.1, 0.15) is 102 Å². The summed E-state index contributed by atoms with van der Waals surface area (Å²) in [5.41, 5.74) is 1.42. The van der Waals surface area contributed by atoms with Crippen molar-refractivity contribution in [1.29, 1.82) is 0 Å². The van der Waals surface area contributed by atoms with Crippen LogP contribution in [0.5, 0.6) is 5.75 Å². The van der Waals surface area contributed by atoms with Crippen molar-refractivity contribution >= 4 is 0 Å². The topological polar surface area (TPSA) is 18.5 Å². The fourth-order valence-corrected chi connectivity index (χ4v) is 3.52. The minimum absolute atomic E-state index is 0.620. The number of rotatable bonds is 19. The molecule has 156 valence electrons. The molecule has 0 aromatic heterocycles. The third-order valence-electron chi connectivity index (χ3n) is 5.30. The molecule has 0 saturated carbocycles. The van der Waals surface area contributed by atoms with Gasteiger partial charge in [0.15, 0.2) is 0 Å². The maximum Gasteiger partial charge on any atom is 0.119 e. The molecule has 2 heteroatoms. The number of hydrogen-bond acceptors (Lipinski definition) is 2. The van der Waals surface area contributed by atoms with Gasteiger partial charge in [0.2, 0.25) is 0 Å². The van der Waals surface area contributed by atoms with Gasteiger partial charge >= 0.3 is 0 Å². The van der Waals surface area contributed by atoms with Gasteiger partial charge in [-0.25, -0.2) is 0 Å². The van der Waals surface area contributed by atoms with E-state index in [1.165, 1.54) is 102 Å². The zero-order valence-electron chi connectivity index (χ0n) is 18.1. The fraction of sp³-hybridized carbons (Fsp3) is 0.760. The van der Waals surface area contributed by atoms with Crippen LogP contribution in [-0.2, 0) is 11.2 Å². The summed E-state index contributed by atoms with van der Waals surface area (Å²) in [5.74, 6) is 0.941. The zero-order valence-corrected chi connectivity index (χ0v) is 18.1. The van der Waals surface area contributed by atoms with Gasteiger partial charge in [0.1, 0.15) is 12.4 Å². The van der Waals surface area contributed by atoms with E-state index in [4.69, 9.17) is 9.47 Å². The Morgan fingerprint density at radius 3 is 1.56 bits per heavy atom. The largest absolute Gasteiger partial charge is 0.491 e. The standard InChI is InChI=1S/C25H44O2/c1-3-4-5-6-7-8-9-10-11-12-13-14-15-16-17-24-18-20-25(21-19-24)27-23-22-26-2/h18-21H,3-17,22-23H2,1-2H3. The van der Waals surface area contributed by atoms with Crippen molar-refractivity contribution in [2.75, 3.05) is 20.3 Å². The first-order valence-corrected chi connectivity index (χ1v) is 11.6. The third kappa shape index (κ3) is 14.7. The lowest BCUT2D eigenvalue weighted by atomic mass is 10.0. The van der Waals surface area contributed by atoms with E-state index in [1.807, 2.05) is 0 Å². The first-order chi connectivity index (χ1) is 13.4. The summed E-state index contributed by atoms with van der Waals surface area (Å²) in [7, 11) is 1.70. The Kier molecular flexibility index (Phi) is 16.3. The zero-order chi connectivity index (χ0) is 19.4. The van der Waals surface area contributed by atoms with Crippen LogP contribution in [0.3, 0.4) is 0 Å². The van der Waals surface area contributed by atoms with Crippen LogP contribution in [-0.4, -0.2) is 20.3 Å². The summed E-state index contributed by atoms with van der Waals surface area (Å²) >= 11 is 0. The first-order valence-electron chi connectivity index (χ1n) is 11.6. The molecule has 0 aliphatic rings. The molecular weight excluding hydrogens is 332 g/mol. The molecule has 0 aliphatic heterocycles. The van der Waals surface area contributed by atoms with Crippen LogP contribution in [0.4, 0.5) is 0 Å². The van der Waals surface area contributed by atoms with E-state index in [1.54, 1.807) is 7.11 Å². The van der Waals surface area contributed by atoms with Gasteiger partial charge in [0.05, 0.1) is 6.61 Å². The molecule has 1 aromatic carbocycles. The van der Waals surface area contributed by atoms with Crippen LogP contribution in [0.2, 0.25) is 0 Å². The second-order valence-electron chi connectivity index (χ2n) is 7.83. The number of hydrogen-bond donors (Lipinski definition) is 0. The molecule has 1 aromatic rings. The predicted molar refractivity (Wildman–Crippen MR) is 118 cm³/mol. The van der Waals surface area contributed by atoms with E-state index in [2.05, 4.69) is 31.2 Å². The Balaban J connectivity index is 1.86. The van der Waals surface area contributed by atoms with Crippen molar-refractivity contribution in [3.63, 3.8) is 0 Å². The molecule has 0 amide bonds. The van der Waals surface area contributed by atoms with Crippen LogP contribution in [0.25, 0.3) is 0 Å². The molecular formula is C25H44O2. The van der Waals surface area contributed by atoms with E-state index >= 15 is 0 Å². The molecule has 0 heterocycles. The summed E-state index contributed by atoms with van der Waals surface area (Å²) < 4.78 is 10.6. The molecule has 1 rings (SSSR count). The molecule has 2 nitrogen and oxygen atoms in total. The lowest BCUT2D eigenvalue weighted by Crippen LogP contribution is -2.04. The van der Waals surface area contributed by atoms with Crippen molar-refractivity contribution in [3.05, 3.63) is 29.8 Å². The SMILES string of the molecule is CCCCCCCCCCCCCCCCc1ccc(OCCOC)cc1. The monoisotopic (exact) mass is 376 g/mol.